The highest BCUT2D eigenvalue weighted by Crippen LogP contribution is 2.40. The molecule has 1 N–H and O–H groups in total. The van der Waals surface area contributed by atoms with Crippen LogP contribution in [0.3, 0.4) is 0 Å². The molecule has 0 bridgehead atoms. The number of ether oxygens (including phenoxy) is 1. The molecular formula is C17H30N2OS. The van der Waals surface area contributed by atoms with Gasteiger partial charge in [0.1, 0.15) is 11.1 Å². The Balaban J connectivity index is 2.22. The van der Waals surface area contributed by atoms with Crippen molar-refractivity contribution in [2.45, 2.75) is 79.0 Å². The van der Waals surface area contributed by atoms with E-state index in [1.54, 1.807) is 0 Å². The first-order chi connectivity index (χ1) is 9.82. The lowest BCUT2D eigenvalue weighted by molar-refractivity contribution is -0.0134. The maximum Gasteiger partial charge on any atom is 0.123 e. The zero-order chi connectivity index (χ0) is 15.6. The summed E-state index contributed by atoms with van der Waals surface area (Å²) in [6.07, 6.45) is 2.73. The van der Waals surface area contributed by atoms with E-state index >= 15 is 0 Å². The predicted octanol–water partition coefficient (Wildman–Crippen LogP) is 4.64. The second-order valence-electron chi connectivity index (χ2n) is 7.37. The topological polar surface area (TPSA) is 34.1 Å². The van der Waals surface area contributed by atoms with Crippen molar-refractivity contribution in [3.05, 3.63) is 15.6 Å². The lowest BCUT2D eigenvalue weighted by Gasteiger charge is -2.28. The van der Waals surface area contributed by atoms with Crippen LogP contribution in [0.4, 0.5) is 0 Å². The Hall–Kier alpha value is -0.450. The molecule has 1 saturated carbocycles. The molecule has 4 heteroatoms. The second-order valence-corrected chi connectivity index (χ2v) is 8.49. The first-order valence-corrected chi connectivity index (χ1v) is 8.99. The molecule has 0 aromatic carbocycles. The molecule has 1 aliphatic rings. The Bertz CT molecular complexity index is 458. The van der Waals surface area contributed by atoms with Gasteiger partial charge in [0.2, 0.25) is 0 Å². The molecule has 21 heavy (non-hydrogen) atoms. The Labute approximate surface area is 133 Å². The molecule has 1 atom stereocenters. The zero-order valence-electron chi connectivity index (χ0n) is 14.3. The van der Waals surface area contributed by atoms with Crippen molar-refractivity contribution >= 4 is 11.3 Å². The van der Waals surface area contributed by atoms with Crippen LogP contribution in [0.2, 0.25) is 0 Å². The lowest BCUT2D eigenvalue weighted by Crippen LogP contribution is -2.21. The van der Waals surface area contributed by atoms with E-state index in [-0.39, 0.29) is 11.5 Å². The molecule has 2 rings (SSSR count). The molecule has 0 amide bonds. The predicted molar refractivity (Wildman–Crippen MR) is 89.9 cm³/mol. The summed E-state index contributed by atoms with van der Waals surface area (Å²) in [5.41, 5.74) is 1.32. The summed E-state index contributed by atoms with van der Waals surface area (Å²) >= 11 is 1.83. The Morgan fingerprint density at radius 2 is 2.00 bits per heavy atom. The van der Waals surface area contributed by atoms with Gasteiger partial charge < -0.3 is 10.1 Å². The normalized spacial score (nSPS) is 17.5. The molecule has 1 fully saturated rings. The highest BCUT2D eigenvalue weighted by Gasteiger charge is 2.31. The van der Waals surface area contributed by atoms with Crippen molar-refractivity contribution < 1.29 is 4.74 Å². The van der Waals surface area contributed by atoms with Crippen LogP contribution in [-0.4, -0.2) is 17.6 Å². The Morgan fingerprint density at radius 1 is 1.33 bits per heavy atom. The monoisotopic (exact) mass is 310 g/mol. The Morgan fingerprint density at radius 3 is 2.48 bits per heavy atom. The van der Waals surface area contributed by atoms with Crippen molar-refractivity contribution in [2.75, 3.05) is 6.61 Å². The summed E-state index contributed by atoms with van der Waals surface area (Å²) < 4.78 is 6.01. The van der Waals surface area contributed by atoms with Gasteiger partial charge in [-0.15, -0.1) is 11.3 Å². The molecule has 0 saturated heterocycles. The van der Waals surface area contributed by atoms with Gasteiger partial charge in [-0.25, -0.2) is 4.98 Å². The van der Waals surface area contributed by atoms with Crippen LogP contribution in [0.5, 0.6) is 0 Å². The fourth-order valence-corrected chi connectivity index (χ4v) is 3.92. The summed E-state index contributed by atoms with van der Waals surface area (Å²) in [7, 11) is 0. The average molecular weight is 311 g/mol. The quantitative estimate of drug-likeness (QED) is 0.796. The van der Waals surface area contributed by atoms with Gasteiger partial charge in [-0.2, -0.15) is 0 Å². The molecular weight excluding hydrogens is 280 g/mol. The number of nitrogens with zero attached hydrogens (tertiary/aromatic N) is 1. The fraction of sp³-hybridized carbons (Fsp3) is 0.824. The van der Waals surface area contributed by atoms with Gasteiger partial charge in [0.25, 0.3) is 0 Å². The third kappa shape index (κ3) is 4.51. The van der Waals surface area contributed by atoms with Crippen molar-refractivity contribution in [3.8, 4) is 0 Å². The van der Waals surface area contributed by atoms with Crippen LogP contribution in [0.25, 0.3) is 0 Å². The van der Waals surface area contributed by atoms with Crippen LogP contribution in [-0.2, 0) is 11.3 Å². The van der Waals surface area contributed by atoms with E-state index in [0.717, 1.165) is 24.2 Å². The minimum atomic E-state index is 0.0727. The van der Waals surface area contributed by atoms with Gasteiger partial charge in [-0.1, -0.05) is 34.6 Å². The SMILES string of the molecule is CCOC(c1nc(C(C)C)c(CNC2CC2)s1)C(C)(C)C. The van der Waals surface area contributed by atoms with Crippen LogP contribution in [0, 0.1) is 5.41 Å². The van der Waals surface area contributed by atoms with E-state index in [1.807, 2.05) is 11.3 Å². The van der Waals surface area contributed by atoms with E-state index in [4.69, 9.17) is 9.72 Å². The van der Waals surface area contributed by atoms with Crippen molar-refractivity contribution in [1.82, 2.24) is 10.3 Å². The average Bonchev–Trinajstić information content (AvgIpc) is 3.11. The van der Waals surface area contributed by atoms with Crippen LogP contribution in [0.15, 0.2) is 0 Å². The maximum absolute atomic E-state index is 6.01. The second kappa shape index (κ2) is 6.76. The third-order valence-corrected chi connectivity index (χ3v) is 4.88. The number of aromatic nitrogens is 1. The van der Waals surface area contributed by atoms with Crippen molar-refractivity contribution in [3.63, 3.8) is 0 Å². The van der Waals surface area contributed by atoms with E-state index in [9.17, 15) is 0 Å². The zero-order valence-corrected chi connectivity index (χ0v) is 15.1. The molecule has 0 spiro atoms. The van der Waals surface area contributed by atoms with Gasteiger partial charge in [0.05, 0.1) is 5.69 Å². The smallest absolute Gasteiger partial charge is 0.123 e. The van der Waals surface area contributed by atoms with Crippen molar-refractivity contribution in [2.24, 2.45) is 5.41 Å². The molecule has 0 aliphatic heterocycles. The first kappa shape index (κ1) is 16.9. The number of hydrogen-bond donors (Lipinski definition) is 1. The standard InChI is InChI=1S/C17H30N2OS/c1-7-20-15(17(4,5)6)16-19-14(11(2)3)13(21-16)10-18-12-8-9-12/h11-12,15,18H,7-10H2,1-6H3. The summed E-state index contributed by atoms with van der Waals surface area (Å²) in [5.74, 6) is 0.466. The molecule has 1 aliphatic carbocycles. The van der Waals surface area contributed by atoms with Gasteiger partial charge in [-0.3, -0.25) is 0 Å². The molecule has 0 radical (unpaired) electrons. The minimum Gasteiger partial charge on any atom is -0.371 e. The molecule has 1 aromatic heterocycles. The maximum atomic E-state index is 6.01. The van der Waals surface area contributed by atoms with E-state index in [2.05, 4.69) is 46.9 Å². The summed E-state index contributed by atoms with van der Waals surface area (Å²) in [5, 5.41) is 4.76. The van der Waals surface area contributed by atoms with Gasteiger partial charge in [-0.05, 0) is 31.1 Å². The van der Waals surface area contributed by atoms with Crippen LogP contribution < -0.4 is 5.32 Å². The summed E-state index contributed by atoms with van der Waals surface area (Å²) in [6.45, 7) is 14.9. The van der Waals surface area contributed by atoms with E-state index in [1.165, 1.54) is 23.4 Å². The largest absolute Gasteiger partial charge is 0.371 e. The number of nitrogens with one attached hydrogen (secondary N) is 1. The van der Waals surface area contributed by atoms with Gasteiger partial charge in [0, 0.05) is 24.1 Å². The molecule has 1 unspecified atom stereocenters. The van der Waals surface area contributed by atoms with Crippen LogP contribution in [0.1, 0.15) is 82.0 Å². The third-order valence-electron chi connectivity index (χ3n) is 3.76. The van der Waals surface area contributed by atoms with Gasteiger partial charge >= 0.3 is 0 Å². The highest BCUT2D eigenvalue weighted by atomic mass is 32.1. The summed E-state index contributed by atoms with van der Waals surface area (Å²) in [6, 6.07) is 0.737. The molecule has 1 heterocycles. The first-order valence-electron chi connectivity index (χ1n) is 8.17. The van der Waals surface area contributed by atoms with Gasteiger partial charge in [0.15, 0.2) is 0 Å². The van der Waals surface area contributed by atoms with E-state index in [0.29, 0.717) is 5.92 Å². The number of thiazole rings is 1. The highest BCUT2D eigenvalue weighted by molar-refractivity contribution is 7.11. The minimum absolute atomic E-state index is 0.0727. The van der Waals surface area contributed by atoms with Crippen LogP contribution >= 0.6 is 11.3 Å². The number of hydrogen-bond acceptors (Lipinski definition) is 4. The Kier molecular flexibility index (Phi) is 5.44. The molecule has 1 aromatic rings. The van der Waals surface area contributed by atoms with Crippen molar-refractivity contribution in [1.29, 1.82) is 0 Å². The fourth-order valence-electron chi connectivity index (χ4n) is 2.46. The van der Waals surface area contributed by atoms with E-state index < -0.39 is 0 Å². The lowest BCUT2D eigenvalue weighted by atomic mass is 9.89. The number of rotatable bonds is 7. The molecule has 3 nitrogen and oxygen atoms in total. The summed E-state index contributed by atoms with van der Waals surface area (Å²) in [4.78, 5) is 6.34. The molecule has 120 valence electrons.